The number of halogens is 1. The second-order valence-electron chi connectivity index (χ2n) is 3.14. The number of aryl methyl sites for hydroxylation is 1. The van der Waals surface area contributed by atoms with E-state index in [1.54, 1.807) is 0 Å². The van der Waals surface area contributed by atoms with Crippen molar-refractivity contribution in [1.29, 1.82) is 0 Å². The fourth-order valence-corrected chi connectivity index (χ4v) is 1.32. The molecule has 0 aliphatic heterocycles. The van der Waals surface area contributed by atoms with Gasteiger partial charge in [-0.3, -0.25) is 0 Å². The van der Waals surface area contributed by atoms with Gasteiger partial charge in [0.1, 0.15) is 6.17 Å². The van der Waals surface area contributed by atoms with Crippen molar-refractivity contribution in [2.75, 3.05) is 6.54 Å². The van der Waals surface area contributed by atoms with E-state index in [-0.39, 0.29) is 0 Å². The van der Waals surface area contributed by atoms with Crippen LogP contribution >= 0.6 is 0 Å². The SMILES string of the molecule is CCc1cccc(C(F)CCN)c1. The van der Waals surface area contributed by atoms with Crippen molar-refractivity contribution in [1.82, 2.24) is 0 Å². The summed E-state index contributed by atoms with van der Waals surface area (Å²) in [6.45, 7) is 2.47. The Balaban J connectivity index is 2.75. The third kappa shape index (κ3) is 2.81. The highest BCUT2D eigenvalue weighted by Gasteiger charge is 2.07. The molecule has 0 bridgehead atoms. The Kier molecular flexibility index (Phi) is 3.90. The summed E-state index contributed by atoms with van der Waals surface area (Å²) in [6.07, 6.45) is 0.451. The lowest BCUT2D eigenvalue weighted by molar-refractivity contribution is 0.327. The van der Waals surface area contributed by atoms with E-state index in [1.165, 1.54) is 5.56 Å². The van der Waals surface area contributed by atoms with Crippen molar-refractivity contribution in [3.05, 3.63) is 35.4 Å². The molecule has 1 aromatic rings. The maximum absolute atomic E-state index is 13.4. The van der Waals surface area contributed by atoms with Gasteiger partial charge in [-0.15, -0.1) is 0 Å². The van der Waals surface area contributed by atoms with Gasteiger partial charge >= 0.3 is 0 Å². The number of benzene rings is 1. The Morgan fingerprint density at radius 3 is 2.85 bits per heavy atom. The van der Waals surface area contributed by atoms with Gasteiger partial charge in [0.2, 0.25) is 0 Å². The van der Waals surface area contributed by atoms with Crippen LogP contribution in [0.2, 0.25) is 0 Å². The first-order valence-electron chi connectivity index (χ1n) is 4.71. The normalized spacial score (nSPS) is 12.8. The van der Waals surface area contributed by atoms with Crippen molar-refractivity contribution < 1.29 is 4.39 Å². The number of hydrogen-bond donors (Lipinski definition) is 1. The van der Waals surface area contributed by atoms with Gasteiger partial charge in [-0.25, -0.2) is 4.39 Å². The molecule has 0 aliphatic carbocycles. The van der Waals surface area contributed by atoms with Crippen molar-refractivity contribution in [3.8, 4) is 0 Å². The third-order valence-electron chi connectivity index (χ3n) is 2.14. The molecule has 0 fully saturated rings. The van der Waals surface area contributed by atoms with E-state index < -0.39 is 6.17 Å². The maximum atomic E-state index is 13.4. The lowest BCUT2D eigenvalue weighted by Crippen LogP contribution is -2.03. The van der Waals surface area contributed by atoms with Crippen molar-refractivity contribution in [2.45, 2.75) is 25.9 Å². The average Bonchev–Trinajstić information content (AvgIpc) is 2.18. The van der Waals surface area contributed by atoms with E-state index in [4.69, 9.17) is 5.73 Å². The molecule has 0 aliphatic rings. The number of nitrogens with two attached hydrogens (primary N) is 1. The smallest absolute Gasteiger partial charge is 0.126 e. The second kappa shape index (κ2) is 4.97. The Bertz CT molecular complexity index is 260. The molecule has 0 aromatic heterocycles. The monoisotopic (exact) mass is 181 g/mol. The van der Waals surface area contributed by atoms with Gasteiger partial charge in [-0.1, -0.05) is 31.2 Å². The fraction of sp³-hybridized carbons (Fsp3) is 0.455. The van der Waals surface area contributed by atoms with Crippen LogP contribution in [0.25, 0.3) is 0 Å². The third-order valence-corrected chi connectivity index (χ3v) is 2.14. The quantitative estimate of drug-likeness (QED) is 0.759. The molecular weight excluding hydrogens is 165 g/mol. The minimum Gasteiger partial charge on any atom is -0.330 e. The molecule has 0 saturated heterocycles. The van der Waals surface area contributed by atoms with Gasteiger partial charge in [-0.05, 0) is 30.5 Å². The van der Waals surface area contributed by atoms with E-state index in [2.05, 4.69) is 6.92 Å². The lowest BCUT2D eigenvalue weighted by atomic mass is 10.0. The Morgan fingerprint density at radius 2 is 2.23 bits per heavy atom. The molecule has 2 N–H and O–H groups in total. The van der Waals surface area contributed by atoms with Crippen molar-refractivity contribution in [2.24, 2.45) is 5.73 Å². The van der Waals surface area contributed by atoms with Gasteiger partial charge in [0.25, 0.3) is 0 Å². The minimum atomic E-state index is -0.906. The molecule has 13 heavy (non-hydrogen) atoms. The second-order valence-corrected chi connectivity index (χ2v) is 3.14. The zero-order valence-electron chi connectivity index (χ0n) is 7.96. The largest absolute Gasteiger partial charge is 0.330 e. The average molecular weight is 181 g/mol. The van der Waals surface area contributed by atoms with Crippen molar-refractivity contribution >= 4 is 0 Å². The molecule has 0 saturated carbocycles. The molecule has 0 heterocycles. The van der Waals surface area contributed by atoms with Gasteiger partial charge in [-0.2, -0.15) is 0 Å². The standard InChI is InChI=1S/C11H16FN/c1-2-9-4-3-5-10(8-9)11(12)6-7-13/h3-5,8,11H,2,6-7,13H2,1H3. The summed E-state index contributed by atoms with van der Waals surface area (Å²) in [6, 6.07) is 7.65. The summed E-state index contributed by atoms with van der Waals surface area (Å²) in [5.74, 6) is 0. The molecule has 0 radical (unpaired) electrons. The number of alkyl halides is 1. The molecular formula is C11H16FN. The van der Waals surface area contributed by atoms with E-state index in [9.17, 15) is 4.39 Å². The first-order chi connectivity index (χ1) is 6.27. The van der Waals surface area contributed by atoms with Crippen LogP contribution in [0.4, 0.5) is 4.39 Å². The summed E-state index contributed by atoms with van der Waals surface area (Å²) in [5, 5.41) is 0. The zero-order chi connectivity index (χ0) is 9.68. The highest BCUT2D eigenvalue weighted by molar-refractivity contribution is 5.25. The zero-order valence-corrected chi connectivity index (χ0v) is 7.96. The summed E-state index contributed by atoms with van der Waals surface area (Å²) in [7, 11) is 0. The van der Waals surface area contributed by atoms with E-state index in [0.717, 1.165) is 12.0 Å². The van der Waals surface area contributed by atoms with Crippen LogP contribution in [0, 0.1) is 0 Å². The number of hydrogen-bond acceptors (Lipinski definition) is 1. The van der Waals surface area contributed by atoms with Crippen molar-refractivity contribution in [3.63, 3.8) is 0 Å². The highest BCUT2D eigenvalue weighted by atomic mass is 19.1. The van der Waals surface area contributed by atoms with Gasteiger partial charge in [0.05, 0.1) is 0 Å². The van der Waals surface area contributed by atoms with Gasteiger partial charge in [0.15, 0.2) is 0 Å². The van der Waals surface area contributed by atoms with Gasteiger partial charge < -0.3 is 5.73 Å². The van der Waals surface area contributed by atoms with Crippen LogP contribution in [-0.4, -0.2) is 6.54 Å². The predicted octanol–water partition coefficient (Wildman–Crippen LogP) is 2.61. The van der Waals surface area contributed by atoms with Crippen LogP contribution in [0.15, 0.2) is 24.3 Å². The Labute approximate surface area is 78.8 Å². The number of rotatable bonds is 4. The first-order valence-corrected chi connectivity index (χ1v) is 4.71. The van der Waals surface area contributed by atoms with Crippen LogP contribution < -0.4 is 5.73 Å². The predicted molar refractivity (Wildman–Crippen MR) is 53.3 cm³/mol. The van der Waals surface area contributed by atoms with Crippen LogP contribution in [0.3, 0.4) is 0 Å². The van der Waals surface area contributed by atoms with Crippen LogP contribution in [0.1, 0.15) is 30.6 Å². The molecule has 72 valence electrons. The highest BCUT2D eigenvalue weighted by Crippen LogP contribution is 2.21. The minimum absolute atomic E-state index is 0.400. The molecule has 1 nitrogen and oxygen atoms in total. The topological polar surface area (TPSA) is 26.0 Å². The Morgan fingerprint density at radius 1 is 1.46 bits per heavy atom. The molecule has 1 unspecified atom stereocenters. The van der Waals surface area contributed by atoms with E-state index in [0.29, 0.717) is 13.0 Å². The molecule has 0 spiro atoms. The van der Waals surface area contributed by atoms with Gasteiger partial charge in [0, 0.05) is 0 Å². The van der Waals surface area contributed by atoms with Crippen LogP contribution in [-0.2, 0) is 6.42 Å². The molecule has 1 atom stereocenters. The van der Waals surface area contributed by atoms with Crippen LogP contribution in [0.5, 0.6) is 0 Å². The molecule has 0 amide bonds. The summed E-state index contributed by atoms with van der Waals surface area (Å²) in [5.41, 5.74) is 7.23. The molecule has 2 heteroatoms. The fourth-order valence-electron chi connectivity index (χ4n) is 1.32. The van der Waals surface area contributed by atoms with E-state index in [1.807, 2.05) is 24.3 Å². The lowest BCUT2D eigenvalue weighted by Gasteiger charge is -2.07. The Hall–Kier alpha value is -0.890. The molecule has 1 rings (SSSR count). The summed E-state index contributed by atoms with van der Waals surface area (Å²) in [4.78, 5) is 0. The maximum Gasteiger partial charge on any atom is 0.126 e. The first kappa shape index (κ1) is 10.2. The molecule has 1 aromatic carbocycles. The van der Waals surface area contributed by atoms with E-state index >= 15 is 0 Å². The summed E-state index contributed by atoms with van der Waals surface area (Å²) >= 11 is 0. The summed E-state index contributed by atoms with van der Waals surface area (Å²) < 4.78 is 13.4.